The van der Waals surface area contributed by atoms with Gasteiger partial charge in [0.05, 0.1) is 46.2 Å². The Labute approximate surface area is 208 Å². The molecule has 200 valence electrons. The summed E-state index contributed by atoms with van der Waals surface area (Å²) in [5.74, 6) is -0.500. The lowest BCUT2D eigenvalue weighted by molar-refractivity contribution is -0.145. The number of amides is 1. The first-order valence-corrected chi connectivity index (χ1v) is 11.7. The summed E-state index contributed by atoms with van der Waals surface area (Å²) in [6, 6.07) is 5.97. The van der Waals surface area contributed by atoms with Crippen molar-refractivity contribution in [3.05, 3.63) is 29.8 Å². The van der Waals surface area contributed by atoms with Crippen LogP contribution in [0.3, 0.4) is 0 Å². The van der Waals surface area contributed by atoms with Gasteiger partial charge in [-0.15, -0.1) is 0 Å². The van der Waals surface area contributed by atoms with Gasteiger partial charge in [0.2, 0.25) is 0 Å². The van der Waals surface area contributed by atoms with Crippen LogP contribution >= 0.6 is 0 Å². The highest BCUT2D eigenvalue weighted by Crippen LogP contribution is 2.32. The lowest BCUT2D eigenvalue weighted by Gasteiger charge is -2.38. The molecule has 0 aliphatic rings. The third-order valence-corrected chi connectivity index (χ3v) is 5.06. The first-order valence-electron chi connectivity index (χ1n) is 11.7. The molecule has 0 heterocycles. The van der Waals surface area contributed by atoms with E-state index in [0.29, 0.717) is 52.0 Å². The van der Waals surface area contributed by atoms with Crippen molar-refractivity contribution in [3.63, 3.8) is 0 Å². The number of carboxylic acid groups (broad SMARTS) is 1. The lowest BCUT2D eigenvalue weighted by Crippen LogP contribution is -2.54. The minimum absolute atomic E-state index is 0.00209. The normalized spacial score (nSPS) is 12.8. The summed E-state index contributed by atoms with van der Waals surface area (Å²) in [6.45, 7) is 11.5. The highest BCUT2D eigenvalue weighted by molar-refractivity contribution is 5.82. The molecular weight excluding hydrogens is 458 g/mol. The number of likely N-dealkylation sites (N-methyl/N-ethyl adjacent to an activating group) is 1. The van der Waals surface area contributed by atoms with Gasteiger partial charge in [-0.05, 0) is 38.5 Å². The Bertz CT molecular complexity index is 759. The highest BCUT2D eigenvalue weighted by Gasteiger charge is 2.42. The SMILES string of the molecule is CN(C(=O)OC(C)(C)C)[C@H](C(=O)O)C(C)(C)c1ccc(OCCOCCOCCOCCO)cc1. The van der Waals surface area contributed by atoms with Crippen molar-refractivity contribution < 1.29 is 43.5 Å². The van der Waals surface area contributed by atoms with Gasteiger partial charge in [0.25, 0.3) is 0 Å². The molecule has 0 aliphatic heterocycles. The number of nitrogens with zero attached hydrogens (tertiary/aromatic N) is 1. The topological polar surface area (TPSA) is 124 Å². The molecule has 0 saturated carbocycles. The Hall–Kier alpha value is -2.40. The zero-order chi connectivity index (χ0) is 26.5. The van der Waals surface area contributed by atoms with Crippen LogP contribution in [0, 0.1) is 0 Å². The van der Waals surface area contributed by atoms with Crippen molar-refractivity contribution in [1.82, 2.24) is 4.90 Å². The van der Waals surface area contributed by atoms with Gasteiger partial charge in [-0.2, -0.15) is 0 Å². The number of hydrogen-bond donors (Lipinski definition) is 2. The Balaban J connectivity index is 2.55. The number of carbonyl (C=O) groups is 2. The number of ether oxygens (including phenoxy) is 5. The zero-order valence-corrected chi connectivity index (χ0v) is 21.7. The predicted molar refractivity (Wildman–Crippen MR) is 130 cm³/mol. The monoisotopic (exact) mass is 499 g/mol. The van der Waals surface area contributed by atoms with Crippen LogP contribution in [-0.4, -0.2) is 98.7 Å². The fraction of sp³-hybridized carbons (Fsp3) is 0.680. The number of aliphatic carboxylic acids is 1. The van der Waals surface area contributed by atoms with Gasteiger partial charge in [0.1, 0.15) is 24.0 Å². The number of rotatable bonds is 16. The van der Waals surface area contributed by atoms with E-state index in [-0.39, 0.29) is 6.61 Å². The third kappa shape index (κ3) is 11.3. The van der Waals surface area contributed by atoms with E-state index < -0.39 is 29.1 Å². The third-order valence-electron chi connectivity index (χ3n) is 5.06. The van der Waals surface area contributed by atoms with Crippen LogP contribution in [0.2, 0.25) is 0 Å². The van der Waals surface area contributed by atoms with E-state index in [1.54, 1.807) is 58.9 Å². The molecule has 0 bridgehead atoms. The molecule has 1 amide bonds. The second kappa shape index (κ2) is 14.9. The summed E-state index contributed by atoms with van der Waals surface area (Å²) in [6.07, 6.45) is -0.696. The van der Waals surface area contributed by atoms with Crippen molar-refractivity contribution in [2.45, 2.75) is 51.7 Å². The van der Waals surface area contributed by atoms with Crippen molar-refractivity contribution >= 4 is 12.1 Å². The molecule has 10 nitrogen and oxygen atoms in total. The standard InChI is InChI=1S/C25H41NO9/c1-24(2,3)35-23(30)26(6)21(22(28)29)25(4,5)19-7-9-20(10-8-19)34-18-17-33-16-15-32-14-13-31-12-11-27/h7-10,21,27H,11-18H2,1-6H3,(H,28,29)/t21-/m1/s1. The van der Waals surface area contributed by atoms with Crippen molar-refractivity contribution in [2.24, 2.45) is 0 Å². The fourth-order valence-corrected chi connectivity index (χ4v) is 3.36. The first kappa shape index (κ1) is 30.6. The van der Waals surface area contributed by atoms with E-state index in [0.717, 1.165) is 10.5 Å². The molecule has 1 atom stereocenters. The summed E-state index contributed by atoms with van der Waals surface area (Å²) in [7, 11) is 1.43. The van der Waals surface area contributed by atoms with Gasteiger partial charge >= 0.3 is 12.1 Å². The predicted octanol–water partition coefficient (Wildman–Crippen LogP) is 2.71. The molecule has 0 unspecified atom stereocenters. The van der Waals surface area contributed by atoms with Crippen LogP contribution in [0.25, 0.3) is 0 Å². The van der Waals surface area contributed by atoms with E-state index in [1.807, 2.05) is 0 Å². The molecule has 10 heteroatoms. The van der Waals surface area contributed by atoms with Gasteiger partial charge in [-0.1, -0.05) is 26.0 Å². The number of benzene rings is 1. The number of aliphatic hydroxyl groups excluding tert-OH is 1. The van der Waals surface area contributed by atoms with Crippen LogP contribution in [0.1, 0.15) is 40.2 Å². The summed E-state index contributed by atoms with van der Waals surface area (Å²) in [4.78, 5) is 25.7. The van der Waals surface area contributed by atoms with Crippen molar-refractivity contribution in [1.29, 1.82) is 0 Å². The molecule has 35 heavy (non-hydrogen) atoms. The first-order chi connectivity index (χ1) is 16.4. The average Bonchev–Trinajstić information content (AvgIpc) is 2.76. The lowest BCUT2D eigenvalue weighted by atomic mass is 9.77. The molecule has 0 saturated heterocycles. The second-order valence-corrected chi connectivity index (χ2v) is 9.49. The summed E-state index contributed by atoms with van der Waals surface area (Å²) >= 11 is 0. The van der Waals surface area contributed by atoms with Gasteiger partial charge < -0.3 is 33.9 Å². The zero-order valence-electron chi connectivity index (χ0n) is 21.7. The number of aliphatic hydroxyl groups is 1. The minimum atomic E-state index is -1.14. The Morgan fingerprint density at radius 2 is 1.34 bits per heavy atom. The maximum Gasteiger partial charge on any atom is 0.410 e. The largest absolute Gasteiger partial charge is 0.491 e. The second-order valence-electron chi connectivity index (χ2n) is 9.49. The van der Waals surface area contributed by atoms with E-state index in [1.165, 1.54) is 7.05 Å². The molecule has 0 spiro atoms. The molecule has 1 rings (SSSR count). The van der Waals surface area contributed by atoms with Gasteiger partial charge in [0, 0.05) is 12.5 Å². The fourth-order valence-electron chi connectivity index (χ4n) is 3.36. The van der Waals surface area contributed by atoms with Gasteiger partial charge in [-0.25, -0.2) is 9.59 Å². The van der Waals surface area contributed by atoms with Crippen molar-refractivity contribution in [2.75, 3.05) is 59.9 Å². The number of hydrogen-bond acceptors (Lipinski definition) is 8. The van der Waals surface area contributed by atoms with Gasteiger partial charge in [0.15, 0.2) is 0 Å². The quantitative estimate of drug-likeness (QED) is 0.330. The molecule has 0 aliphatic carbocycles. The van der Waals surface area contributed by atoms with Crippen LogP contribution in [-0.2, 0) is 29.2 Å². The van der Waals surface area contributed by atoms with Gasteiger partial charge in [-0.3, -0.25) is 4.90 Å². The van der Waals surface area contributed by atoms with E-state index >= 15 is 0 Å². The number of carbonyl (C=O) groups excluding carboxylic acids is 1. The molecule has 0 radical (unpaired) electrons. The maximum absolute atomic E-state index is 12.5. The van der Waals surface area contributed by atoms with Crippen LogP contribution in [0.15, 0.2) is 24.3 Å². The molecular formula is C25H41NO9. The van der Waals surface area contributed by atoms with Crippen LogP contribution in [0.5, 0.6) is 5.75 Å². The Morgan fingerprint density at radius 1 is 0.857 bits per heavy atom. The summed E-state index contributed by atoms with van der Waals surface area (Å²) in [5.41, 5.74) is -0.893. The molecule has 2 N–H and O–H groups in total. The van der Waals surface area contributed by atoms with E-state index in [9.17, 15) is 14.7 Å². The highest BCUT2D eigenvalue weighted by atomic mass is 16.6. The average molecular weight is 500 g/mol. The Morgan fingerprint density at radius 3 is 1.80 bits per heavy atom. The Kier molecular flexibility index (Phi) is 13.0. The summed E-state index contributed by atoms with van der Waals surface area (Å²) in [5, 5.41) is 18.5. The summed E-state index contributed by atoms with van der Waals surface area (Å²) < 4.78 is 26.9. The van der Waals surface area contributed by atoms with Crippen LogP contribution in [0.4, 0.5) is 4.79 Å². The molecule has 1 aromatic rings. The molecule has 1 aromatic carbocycles. The minimum Gasteiger partial charge on any atom is -0.491 e. The van der Waals surface area contributed by atoms with E-state index in [4.69, 9.17) is 28.8 Å². The number of carboxylic acids is 1. The van der Waals surface area contributed by atoms with Crippen molar-refractivity contribution in [3.8, 4) is 5.75 Å². The van der Waals surface area contributed by atoms with E-state index in [2.05, 4.69) is 0 Å². The molecule has 0 fully saturated rings. The van der Waals surface area contributed by atoms with Crippen LogP contribution < -0.4 is 4.74 Å². The maximum atomic E-state index is 12.5. The smallest absolute Gasteiger partial charge is 0.410 e. The molecule has 0 aromatic heterocycles.